The lowest BCUT2D eigenvalue weighted by molar-refractivity contribution is -0.149. The number of ether oxygens (including phenoxy) is 2. The molecule has 0 saturated carbocycles. The third-order valence-corrected chi connectivity index (χ3v) is 1.14. The molecule has 0 aromatic heterocycles. The van der Waals surface area contributed by atoms with Gasteiger partial charge in [-0.15, -0.1) is 0 Å². The van der Waals surface area contributed by atoms with Crippen LogP contribution in [0.5, 0.6) is 0 Å². The number of hydrogen-bond acceptors (Lipinski definition) is 4. The van der Waals surface area contributed by atoms with Gasteiger partial charge in [-0.05, 0) is 13.8 Å². The van der Waals surface area contributed by atoms with Crippen molar-refractivity contribution in [2.24, 2.45) is 0 Å². The van der Waals surface area contributed by atoms with Crippen molar-refractivity contribution in [3.05, 3.63) is 0 Å². The Bertz CT molecular complexity index is 137. The maximum atomic E-state index is 10.7. The first-order chi connectivity index (χ1) is 5.70. The van der Waals surface area contributed by atoms with Crippen LogP contribution in [0.15, 0.2) is 0 Å². The molecule has 0 aliphatic rings. The molecule has 0 rings (SSSR count). The van der Waals surface area contributed by atoms with Crippen LogP contribution in [0, 0.1) is 0 Å². The van der Waals surface area contributed by atoms with Crippen molar-refractivity contribution in [2.75, 3.05) is 13.2 Å². The summed E-state index contributed by atoms with van der Waals surface area (Å²) in [5.74, 6) is -0.712. The quantitative estimate of drug-likeness (QED) is 0.688. The molecule has 0 spiro atoms. The predicted molar refractivity (Wildman–Crippen MR) is 69.4 cm³/mol. The Hall–Kier alpha value is -1.06. The SMILES string of the molecule is C.C.C.C.CCOC(=O)CCC(=O)OCC. The van der Waals surface area contributed by atoms with Crippen molar-refractivity contribution in [1.82, 2.24) is 0 Å². The van der Waals surface area contributed by atoms with Crippen LogP contribution in [-0.4, -0.2) is 25.2 Å². The maximum Gasteiger partial charge on any atom is 0.306 e. The van der Waals surface area contributed by atoms with Gasteiger partial charge in [-0.1, -0.05) is 29.7 Å². The molecule has 0 bridgehead atoms. The van der Waals surface area contributed by atoms with Crippen molar-refractivity contribution in [3.63, 3.8) is 0 Å². The molecule has 0 unspecified atom stereocenters. The number of esters is 2. The van der Waals surface area contributed by atoms with Gasteiger partial charge >= 0.3 is 11.9 Å². The number of carbonyl (C=O) groups is 2. The van der Waals surface area contributed by atoms with E-state index in [1.54, 1.807) is 13.8 Å². The predicted octanol–water partition coefficient (Wildman–Crippen LogP) is 3.44. The molecule has 0 radical (unpaired) electrons. The molecular weight excluding hydrogens is 208 g/mol. The van der Waals surface area contributed by atoms with Gasteiger partial charge < -0.3 is 9.47 Å². The molecule has 0 atom stereocenters. The van der Waals surface area contributed by atoms with Gasteiger partial charge in [0.25, 0.3) is 0 Å². The number of carbonyl (C=O) groups excluding carboxylic acids is 2. The molecular formula is C12H30O4. The monoisotopic (exact) mass is 238 g/mol. The van der Waals surface area contributed by atoms with Gasteiger partial charge in [0.15, 0.2) is 0 Å². The van der Waals surface area contributed by atoms with E-state index in [1.807, 2.05) is 0 Å². The molecule has 0 aliphatic carbocycles. The standard InChI is InChI=1S/C8H14O4.4CH4/c1-3-11-7(9)5-6-8(10)12-4-2;;;;/h3-6H2,1-2H3;4*1H4. The minimum atomic E-state index is -0.356. The highest BCUT2D eigenvalue weighted by Crippen LogP contribution is 1.95. The van der Waals surface area contributed by atoms with Crippen molar-refractivity contribution < 1.29 is 19.1 Å². The molecule has 0 saturated heterocycles. The molecule has 0 amide bonds. The zero-order valence-electron chi connectivity index (χ0n) is 7.46. The summed E-state index contributed by atoms with van der Waals surface area (Å²) in [4.78, 5) is 21.4. The molecule has 0 N–H and O–H groups in total. The molecule has 4 nitrogen and oxygen atoms in total. The Morgan fingerprint density at radius 3 is 1.19 bits per heavy atom. The molecule has 0 aromatic rings. The second-order valence-corrected chi connectivity index (χ2v) is 2.11. The highest BCUT2D eigenvalue weighted by molar-refractivity contribution is 5.77. The normalized spacial score (nSPS) is 6.88. The Kier molecular flexibility index (Phi) is 35.8. The summed E-state index contributed by atoms with van der Waals surface area (Å²) in [6.07, 6.45) is 0.208. The zero-order valence-corrected chi connectivity index (χ0v) is 7.46. The van der Waals surface area contributed by atoms with Crippen molar-refractivity contribution >= 4 is 11.9 Å². The van der Waals surface area contributed by atoms with E-state index >= 15 is 0 Å². The summed E-state index contributed by atoms with van der Waals surface area (Å²) < 4.78 is 9.25. The Morgan fingerprint density at radius 1 is 0.750 bits per heavy atom. The third-order valence-electron chi connectivity index (χ3n) is 1.14. The lowest BCUT2D eigenvalue weighted by Crippen LogP contribution is -2.09. The highest BCUT2D eigenvalue weighted by Gasteiger charge is 2.06. The fraction of sp³-hybridized carbons (Fsp3) is 0.833. The summed E-state index contributed by atoms with van der Waals surface area (Å²) >= 11 is 0. The molecule has 102 valence electrons. The highest BCUT2D eigenvalue weighted by atomic mass is 16.5. The summed E-state index contributed by atoms with van der Waals surface area (Å²) in [7, 11) is 0. The van der Waals surface area contributed by atoms with E-state index in [0.29, 0.717) is 13.2 Å². The molecule has 0 aromatic carbocycles. The first-order valence-corrected chi connectivity index (χ1v) is 4.02. The summed E-state index contributed by atoms with van der Waals surface area (Å²) in [6.45, 7) is 4.15. The smallest absolute Gasteiger partial charge is 0.306 e. The van der Waals surface area contributed by atoms with Gasteiger partial charge in [0, 0.05) is 0 Å². The van der Waals surface area contributed by atoms with Gasteiger partial charge in [-0.25, -0.2) is 0 Å². The summed E-state index contributed by atoms with van der Waals surface area (Å²) in [5, 5.41) is 0. The lowest BCUT2D eigenvalue weighted by atomic mass is 10.3. The second kappa shape index (κ2) is 19.5. The van der Waals surface area contributed by atoms with Crippen LogP contribution in [0.4, 0.5) is 0 Å². The first-order valence-electron chi connectivity index (χ1n) is 4.02. The molecule has 16 heavy (non-hydrogen) atoms. The van der Waals surface area contributed by atoms with E-state index in [4.69, 9.17) is 0 Å². The van der Waals surface area contributed by atoms with E-state index in [-0.39, 0.29) is 54.5 Å². The maximum absolute atomic E-state index is 10.7. The number of rotatable bonds is 5. The summed E-state index contributed by atoms with van der Waals surface area (Å²) in [5.41, 5.74) is 0. The largest absolute Gasteiger partial charge is 0.466 e. The molecule has 4 heteroatoms. The van der Waals surface area contributed by atoms with Gasteiger partial charge in [-0.3, -0.25) is 9.59 Å². The van der Waals surface area contributed by atoms with E-state index in [9.17, 15) is 9.59 Å². The molecule has 0 heterocycles. The van der Waals surface area contributed by atoms with Crippen LogP contribution in [0.25, 0.3) is 0 Å². The minimum absolute atomic E-state index is 0. The van der Waals surface area contributed by atoms with Crippen LogP contribution in [0.3, 0.4) is 0 Å². The second-order valence-electron chi connectivity index (χ2n) is 2.11. The van der Waals surface area contributed by atoms with Crippen molar-refractivity contribution in [1.29, 1.82) is 0 Å². The Balaban J connectivity index is -0.000000101. The van der Waals surface area contributed by atoms with E-state index in [1.165, 1.54) is 0 Å². The average Bonchev–Trinajstić information content (AvgIpc) is 2.02. The summed E-state index contributed by atoms with van der Waals surface area (Å²) in [6, 6.07) is 0. The number of hydrogen-bond donors (Lipinski definition) is 0. The van der Waals surface area contributed by atoms with Gasteiger partial charge in [0.2, 0.25) is 0 Å². The molecule has 0 aliphatic heterocycles. The minimum Gasteiger partial charge on any atom is -0.466 e. The zero-order chi connectivity index (χ0) is 9.40. The Morgan fingerprint density at radius 2 is 1.00 bits per heavy atom. The lowest BCUT2D eigenvalue weighted by Gasteiger charge is -2.01. The van der Waals surface area contributed by atoms with E-state index in [0.717, 1.165) is 0 Å². The fourth-order valence-electron chi connectivity index (χ4n) is 0.670. The Labute approximate surface area is 101 Å². The fourth-order valence-corrected chi connectivity index (χ4v) is 0.670. The van der Waals surface area contributed by atoms with Crippen LogP contribution in [-0.2, 0) is 19.1 Å². The van der Waals surface area contributed by atoms with Crippen LogP contribution in [0.1, 0.15) is 56.4 Å². The van der Waals surface area contributed by atoms with Gasteiger partial charge in [0.1, 0.15) is 0 Å². The van der Waals surface area contributed by atoms with Crippen LogP contribution in [0.2, 0.25) is 0 Å². The van der Waals surface area contributed by atoms with Gasteiger partial charge in [-0.2, -0.15) is 0 Å². The average molecular weight is 238 g/mol. The van der Waals surface area contributed by atoms with E-state index in [2.05, 4.69) is 9.47 Å². The van der Waals surface area contributed by atoms with Crippen LogP contribution >= 0.6 is 0 Å². The first kappa shape index (κ1) is 29.4. The topological polar surface area (TPSA) is 52.6 Å². The van der Waals surface area contributed by atoms with Gasteiger partial charge in [0.05, 0.1) is 26.1 Å². The molecule has 0 fully saturated rings. The van der Waals surface area contributed by atoms with Crippen molar-refractivity contribution in [3.8, 4) is 0 Å². The van der Waals surface area contributed by atoms with E-state index < -0.39 is 0 Å². The van der Waals surface area contributed by atoms with Crippen molar-refractivity contribution in [2.45, 2.75) is 56.4 Å². The van der Waals surface area contributed by atoms with Crippen LogP contribution < -0.4 is 0 Å². The third kappa shape index (κ3) is 18.7.